The average molecular weight is 340 g/mol. The van der Waals surface area contributed by atoms with Crippen molar-refractivity contribution in [3.8, 4) is 5.75 Å². The molecule has 6 heteroatoms. The molecule has 6 nitrogen and oxygen atoms in total. The molecular weight excluding hydrogens is 320 g/mol. The van der Waals surface area contributed by atoms with Crippen molar-refractivity contribution in [3.63, 3.8) is 0 Å². The SMILES string of the molecule is COc1ccccc1N(C=O)C(C)C(=O)C(=O)NCc1ccccc1. The molecule has 0 aliphatic rings. The van der Waals surface area contributed by atoms with Crippen LogP contribution >= 0.6 is 0 Å². The van der Waals surface area contributed by atoms with Crippen molar-refractivity contribution < 1.29 is 19.1 Å². The third-order valence-corrected chi connectivity index (χ3v) is 3.79. The average Bonchev–Trinajstić information content (AvgIpc) is 2.67. The van der Waals surface area contributed by atoms with E-state index in [2.05, 4.69) is 5.32 Å². The Morgan fingerprint density at radius 2 is 1.76 bits per heavy atom. The van der Waals surface area contributed by atoms with Crippen LogP contribution in [-0.4, -0.2) is 31.3 Å². The summed E-state index contributed by atoms with van der Waals surface area (Å²) in [6.07, 6.45) is 0.519. The van der Waals surface area contributed by atoms with Crippen LogP contribution in [0.2, 0.25) is 0 Å². The first-order valence-corrected chi connectivity index (χ1v) is 7.81. The van der Waals surface area contributed by atoms with Gasteiger partial charge in [0.05, 0.1) is 12.8 Å². The van der Waals surface area contributed by atoms with Crippen molar-refractivity contribution in [2.45, 2.75) is 19.5 Å². The second-order valence-electron chi connectivity index (χ2n) is 5.39. The highest BCUT2D eigenvalue weighted by molar-refractivity contribution is 6.39. The van der Waals surface area contributed by atoms with Gasteiger partial charge in [-0.25, -0.2) is 0 Å². The van der Waals surface area contributed by atoms with E-state index in [1.165, 1.54) is 18.9 Å². The Balaban J connectivity index is 2.08. The standard InChI is InChI=1S/C19H20N2O4/c1-14(21(13-22)16-10-6-7-11-17(16)25-2)18(23)19(24)20-12-15-8-4-3-5-9-15/h3-11,13-14H,12H2,1-2H3,(H,20,24). The van der Waals surface area contributed by atoms with Crippen LogP contribution in [0.15, 0.2) is 54.6 Å². The summed E-state index contributed by atoms with van der Waals surface area (Å²) in [5.74, 6) is -0.994. The molecule has 25 heavy (non-hydrogen) atoms. The van der Waals surface area contributed by atoms with Crippen molar-refractivity contribution in [1.82, 2.24) is 5.32 Å². The minimum absolute atomic E-state index is 0.244. The van der Waals surface area contributed by atoms with Crippen molar-refractivity contribution in [2.75, 3.05) is 12.0 Å². The van der Waals surface area contributed by atoms with Crippen LogP contribution in [0.4, 0.5) is 5.69 Å². The number of rotatable bonds is 8. The molecule has 1 unspecified atom stereocenters. The highest BCUT2D eigenvalue weighted by Gasteiger charge is 2.28. The van der Waals surface area contributed by atoms with Crippen LogP contribution in [0.25, 0.3) is 0 Å². The van der Waals surface area contributed by atoms with E-state index in [1.54, 1.807) is 24.3 Å². The zero-order chi connectivity index (χ0) is 18.2. The Kier molecular flexibility index (Phi) is 6.28. The summed E-state index contributed by atoms with van der Waals surface area (Å²) in [4.78, 5) is 37.2. The highest BCUT2D eigenvalue weighted by atomic mass is 16.5. The minimum atomic E-state index is -0.954. The molecule has 0 spiro atoms. The highest BCUT2D eigenvalue weighted by Crippen LogP contribution is 2.28. The molecule has 0 aliphatic heterocycles. The monoisotopic (exact) mass is 340 g/mol. The van der Waals surface area contributed by atoms with Crippen LogP contribution in [0.5, 0.6) is 5.75 Å². The van der Waals surface area contributed by atoms with Crippen LogP contribution in [0, 0.1) is 0 Å². The minimum Gasteiger partial charge on any atom is -0.495 e. The summed E-state index contributed by atoms with van der Waals surface area (Å²) < 4.78 is 5.21. The van der Waals surface area contributed by atoms with E-state index in [0.717, 1.165) is 5.56 Å². The molecule has 0 saturated carbocycles. The van der Waals surface area contributed by atoms with E-state index < -0.39 is 17.7 Å². The normalized spacial score (nSPS) is 11.3. The number of hydrogen-bond acceptors (Lipinski definition) is 4. The smallest absolute Gasteiger partial charge is 0.289 e. The molecule has 0 bridgehead atoms. The van der Waals surface area contributed by atoms with E-state index in [-0.39, 0.29) is 6.54 Å². The van der Waals surface area contributed by atoms with Gasteiger partial charge in [-0.3, -0.25) is 14.4 Å². The van der Waals surface area contributed by atoms with E-state index >= 15 is 0 Å². The molecule has 0 heterocycles. The molecule has 130 valence electrons. The molecule has 0 aliphatic carbocycles. The van der Waals surface area contributed by atoms with Gasteiger partial charge >= 0.3 is 0 Å². The van der Waals surface area contributed by atoms with Gasteiger partial charge in [0, 0.05) is 6.54 Å². The lowest BCUT2D eigenvalue weighted by molar-refractivity contribution is -0.138. The predicted molar refractivity (Wildman–Crippen MR) is 94.3 cm³/mol. The Bertz CT molecular complexity index is 746. The molecule has 2 aromatic rings. The number of carbonyl (C=O) groups excluding carboxylic acids is 3. The van der Waals surface area contributed by atoms with Crippen LogP contribution < -0.4 is 15.0 Å². The lowest BCUT2D eigenvalue weighted by atomic mass is 10.1. The first-order chi connectivity index (χ1) is 12.1. The lowest BCUT2D eigenvalue weighted by Gasteiger charge is -2.25. The number of ketones is 1. The van der Waals surface area contributed by atoms with E-state index in [0.29, 0.717) is 17.8 Å². The maximum atomic E-state index is 12.4. The number of nitrogens with one attached hydrogen (secondary N) is 1. The Labute approximate surface area is 146 Å². The summed E-state index contributed by atoms with van der Waals surface area (Å²) >= 11 is 0. The third kappa shape index (κ3) is 4.44. The summed E-state index contributed by atoms with van der Waals surface area (Å²) in [5.41, 5.74) is 1.31. The van der Waals surface area contributed by atoms with Gasteiger partial charge in [0.1, 0.15) is 11.8 Å². The van der Waals surface area contributed by atoms with Gasteiger partial charge in [-0.2, -0.15) is 0 Å². The molecule has 2 amide bonds. The van der Waals surface area contributed by atoms with Gasteiger partial charge < -0.3 is 15.0 Å². The van der Waals surface area contributed by atoms with Crippen LogP contribution in [-0.2, 0) is 20.9 Å². The number of methoxy groups -OCH3 is 1. The molecule has 0 aromatic heterocycles. The third-order valence-electron chi connectivity index (χ3n) is 3.79. The fourth-order valence-electron chi connectivity index (χ4n) is 2.38. The molecule has 0 fully saturated rings. The largest absolute Gasteiger partial charge is 0.495 e. The quantitative estimate of drug-likeness (QED) is 0.588. The second-order valence-corrected chi connectivity index (χ2v) is 5.39. The molecular formula is C19H20N2O4. The van der Waals surface area contributed by atoms with Gasteiger partial charge in [0.15, 0.2) is 0 Å². The van der Waals surface area contributed by atoms with Crippen molar-refractivity contribution in [1.29, 1.82) is 0 Å². The second kappa shape index (κ2) is 8.63. The number of benzene rings is 2. The van der Waals surface area contributed by atoms with Crippen molar-refractivity contribution in [2.24, 2.45) is 0 Å². The van der Waals surface area contributed by atoms with Gasteiger partial charge in [-0.15, -0.1) is 0 Å². The molecule has 1 N–H and O–H groups in total. The number of para-hydroxylation sites is 2. The Morgan fingerprint density at radius 1 is 1.12 bits per heavy atom. The summed E-state index contributed by atoms with van der Waals surface area (Å²) in [6, 6.07) is 15.1. The van der Waals surface area contributed by atoms with E-state index in [1.807, 2.05) is 30.3 Å². The molecule has 0 radical (unpaired) electrons. The van der Waals surface area contributed by atoms with E-state index in [4.69, 9.17) is 4.74 Å². The van der Waals surface area contributed by atoms with Gasteiger partial charge in [-0.1, -0.05) is 42.5 Å². The van der Waals surface area contributed by atoms with Gasteiger partial charge in [0.25, 0.3) is 5.91 Å². The van der Waals surface area contributed by atoms with E-state index in [9.17, 15) is 14.4 Å². The van der Waals surface area contributed by atoms with Crippen LogP contribution in [0.1, 0.15) is 12.5 Å². The topological polar surface area (TPSA) is 75.7 Å². The zero-order valence-corrected chi connectivity index (χ0v) is 14.1. The number of anilines is 1. The number of ether oxygens (including phenoxy) is 1. The summed E-state index contributed by atoms with van der Waals surface area (Å²) in [5, 5.41) is 2.58. The number of nitrogens with zero attached hydrogens (tertiary/aromatic N) is 1. The maximum absolute atomic E-state index is 12.4. The predicted octanol–water partition coefficient (Wildman–Crippen LogP) is 1.93. The fourth-order valence-corrected chi connectivity index (χ4v) is 2.38. The fraction of sp³-hybridized carbons (Fsp3) is 0.211. The van der Waals surface area contributed by atoms with Crippen molar-refractivity contribution in [3.05, 3.63) is 60.2 Å². The maximum Gasteiger partial charge on any atom is 0.289 e. The molecule has 2 rings (SSSR count). The lowest BCUT2D eigenvalue weighted by Crippen LogP contribution is -2.45. The number of hydrogen-bond donors (Lipinski definition) is 1. The Hall–Kier alpha value is -3.15. The summed E-state index contributed by atoms with van der Waals surface area (Å²) in [6.45, 7) is 1.75. The van der Waals surface area contributed by atoms with Crippen LogP contribution in [0.3, 0.4) is 0 Å². The first-order valence-electron chi connectivity index (χ1n) is 7.81. The van der Waals surface area contributed by atoms with Crippen molar-refractivity contribution >= 4 is 23.8 Å². The molecule has 2 aromatic carbocycles. The first kappa shape index (κ1) is 18.2. The Morgan fingerprint density at radius 3 is 2.40 bits per heavy atom. The molecule has 0 saturated heterocycles. The van der Waals surface area contributed by atoms with Gasteiger partial charge in [0.2, 0.25) is 12.2 Å². The number of amides is 2. The number of Topliss-reactive ketones (excluding diaryl/α,β-unsaturated/α-hetero) is 1. The summed E-state index contributed by atoms with van der Waals surface area (Å²) in [7, 11) is 1.47. The zero-order valence-electron chi connectivity index (χ0n) is 14.1. The van der Waals surface area contributed by atoms with Gasteiger partial charge in [-0.05, 0) is 24.6 Å². The molecule has 1 atom stereocenters. The number of carbonyl (C=O) groups is 3.